The lowest BCUT2D eigenvalue weighted by Gasteiger charge is -2.17. The predicted molar refractivity (Wildman–Crippen MR) is 61.0 cm³/mol. The van der Waals surface area contributed by atoms with Crippen LogP contribution in [0.3, 0.4) is 0 Å². The lowest BCUT2D eigenvalue weighted by molar-refractivity contribution is -0.144. The molecule has 0 spiro atoms. The Bertz CT molecular complexity index is 487. The topological polar surface area (TPSA) is 104 Å². The Balaban J connectivity index is 2.88. The summed E-state index contributed by atoms with van der Waals surface area (Å²) in [5.74, 6) is -3.20. The van der Waals surface area contributed by atoms with Gasteiger partial charge in [-0.25, -0.2) is 9.18 Å². The number of aromatic carboxylic acids is 1. The summed E-state index contributed by atoms with van der Waals surface area (Å²) in [6.07, 6.45) is -3.45. The van der Waals surface area contributed by atoms with Crippen molar-refractivity contribution in [2.45, 2.75) is 18.6 Å². The fourth-order valence-electron chi connectivity index (χ4n) is 1.48. The Hall–Kier alpha value is -1.99. The molecule has 2 unspecified atom stereocenters. The number of benzene rings is 1. The van der Waals surface area contributed by atoms with Crippen molar-refractivity contribution >= 4 is 11.9 Å². The van der Waals surface area contributed by atoms with E-state index in [2.05, 4.69) is 4.74 Å². The molecular weight excluding hydrogens is 259 g/mol. The first-order valence-corrected chi connectivity index (χ1v) is 5.32. The molecule has 0 aliphatic carbocycles. The number of carboxylic acids is 1. The van der Waals surface area contributed by atoms with Crippen molar-refractivity contribution in [1.29, 1.82) is 0 Å². The highest BCUT2D eigenvalue weighted by Gasteiger charge is 2.23. The zero-order valence-corrected chi connectivity index (χ0v) is 10.0. The number of ether oxygens (including phenoxy) is 1. The van der Waals surface area contributed by atoms with E-state index in [1.54, 1.807) is 0 Å². The number of carbonyl (C=O) groups is 2. The van der Waals surface area contributed by atoms with Crippen LogP contribution in [0.25, 0.3) is 0 Å². The molecule has 7 heteroatoms. The van der Waals surface area contributed by atoms with E-state index < -0.39 is 41.9 Å². The van der Waals surface area contributed by atoms with Gasteiger partial charge in [-0.15, -0.1) is 0 Å². The van der Waals surface area contributed by atoms with Crippen molar-refractivity contribution in [1.82, 2.24) is 0 Å². The van der Waals surface area contributed by atoms with Gasteiger partial charge in [0, 0.05) is 0 Å². The highest BCUT2D eigenvalue weighted by Crippen LogP contribution is 2.21. The Morgan fingerprint density at radius 1 is 1.37 bits per heavy atom. The van der Waals surface area contributed by atoms with Crippen LogP contribution < -0.4 is 0 Å². The first-order valence-electron chi connectivity index (χ1n) is 5.32. The first kappa shape index (κ1) is 15.1. The second-order valence-electron chi connectivity index (χ2n) is 3.84. The molecule has 0 aliphatic rings. The van der Waals surface area contributed by atoms with E-state index in [4.69, 9.17) is 5.11 Å². The van der Waals surface area contributed by atoms with Crippen LogP contribution in [0.1, 0.15) is 28.4 Å². The maximum Gasteiger partial charge on any atom is 0.338 e. The molecule has 1 aromatic carbocycles. The van der Waals surface area contributed by atoms with Crippen molar-refractivity contribution < 1.29 is 34.0 Å². The van der Waals surface area contributed by atoms with Crippen molar-refractivity contribution in [2.24, 2.45) is 0 Å². The molecule has 0 saturated heterocycles. The number of halogens is 1. The average Bonchev–Trinajstić information content (AvgIpc) is 2.36. The van der Waals surface area contributed by atoms with Gasteiger partial charge in [0.15, 0.2) is 0 Å². The van der Waals surface area contributed by atoms with Crippen LogP contribution in [0, 0.1) is 5.82 Å². The largest absolute Gasteiger partial charge is 0.478 e. The predicted octanol–water partition coefficient (Wildman–Crippen LogP) is 0.481. The summed E-state index contributed by atoms with van der Waals surface area (Å²) >= 11 is 0. The van der Waals surface area contributed by atoms with E-state index in [1.807, 2.05) is 0 Å². The average molecular weight is 272 g/mol. The van der Waals surface area contributed by atoms with Gasteiger partial charge in [-0.05, 0) is 17.7 Å². The normalized spacial score (nSPS) is 13.7. The van der Waals surface area contributed by atoms with Crippen molar-refractivity contribution in [2.75, 3.05) is 7.11 Å². The zero-order valence-electron chi connectivity index (χ0n) is 10.0. The number of aliphatic hydroxyl groups excluding tert-OH is 2. The molecule has 0 bridgehead atoms. The van der Waals surface area contributed by atoms with Gasteiger partial charge in [0.05, 0.1) is 25.2 Å². The maximum atomic E-state index is 13.4. The molecule has 0 aliphatic heterocycles. The van der Waals surface area contributed by atoms with Crippen LogP contribution in [-0.4, -0.2) is 40.5 Å². The zero-order chi connectivity index (χ0) is 14.6. The van der Waals surface area contributed by atoms with Crippen LogP contribution in [0.15, 0.2) is 18.2 Å². The smallest absolute Gasteiger partial charge is 0.338 e. The molecule has 0 fully saturated rings. The molecule has 0 aromatic heterocycles. The summed E-state index contributed by atoms with van der Waals surface area (Å²) in [6, 6.07) is 2.94. The monoisotopic (exact) mass is 272 g/mol. The van der Waals surface area contributed by atoms with Crippen LogP contribution >= 0.6 is 0 Å². The summed E-state index contributed by atoms with van der Waals surface area (Å²) in [7, 11) is 1.13. The summed E-state index contributed by atoms with van der Waals surface area (Å²) in [6.45, 7) is 0. The van der Waals surface area contributed by atoms with E-state index in [1.165, 1.54) is 0 Å². The van der Waals surface area contributed by atoms with E-state index in [0.717, 1.165) is 25.3 Å². The van der Waals surface area contributed by atoms with E-state index >= 15 is 0 Å². The number of esters is 1. The third-order valence-electron chi connectivity index (χ3n) is 2.53. The molecule has 1 aromatic rings. The second-order valence-corrected chi connectivity index (χ2v) is 3.84. The van der Waals surface area contributed by atoms with E-state index in [0.29, 0.717) is 0 Å². The standard InChI is InChI=1S/C12H13FO6/c1-19-10(15)5-9(14)11(16)6-2-3-7(12(17)18)8(13)4-6/h2-4,9,11,14,16H,5H2,1H3,(H,17,18). The van der Waals surface area contributed by atoms with E-state index in [-0.39, 0.29) is 5.56 Å². The molecule has 19 heavy (non-hydrogen) atoms. The molecule has 3 N–H and O–H groups in total. The molecule has 0 saturated carbocycles. The number of rotatable bonds is 5. The Kier molecular flexibility index (Phi) is 4.96. The highest BCUT2D eigenvalue weighted by atomic mass is 19.1. The van der Waals surface area contributed by atoms with Crippen molar-refractivity contribution in [3.63, 3.8) is 0 Å². The highest BCUT2D eigenvalue weighted by molar-refractivity contribution is 5.87. The fourth-order valence-corrected chi connectivity index (χ4v) is 1.48. The Morgan fingerprint density at radius 2 is 2.00 bits per heavy atom. The number of carbonyl (C=O) groups excluding carboxylic acids is 1. The molecule has 2 atom stereocenters. The van der Waals surface area contributed by atoms with Gasteiger partial charge in [-0.2, -0.15) is 0 Å². The first-order chi connectivity index (χ1) is 8.86. The second kappa shape index (κ2) is 6.26. The van der Waals surface area contributed by atoms with Gasteiger partial charge in [-0.3, -0.25) is 4.79 Å². The third kappa shape index (κ3) is 3.73. The van der Waals surface area contributed by atoms with Gasteiger partial charge in [-0.1, -0.05) is 6.07 Å². The third-order valence-corrected chi connectivity index (χ3v) is 2.53. The van der Waals surface area contributed by atoms with Gasteiger partial charge < -0.3 is 20.1 Å². The fraction of sp³-hybridized carbons (Fsp3) is 0.333. The minimum Gasteiger partial charge on any atom is -0.478 e. The number of hydrogen-bond acceptors (Lipinski definition) is 5. The molecule has 1 rings (SSSR count). The lowest BCUT2D eigenvalue weighted by Crippen LogP contribution is -2.22. The van der Waals surface area contributed by atoms with Crippen molar-refractivity contribution in [3.05, 3.63) is 35.1 Å². The summed E-state index contributed by atoms with van der Waals surface area (Å²) in [5.41, 5.74) is -0.572. The van der Waals surface area contributed by atoms with Crippen LogP contribution in [0.5, 0.6) is 0 Å². The minimum absolute atomic E-state index is 0.0288. The SMILES string of the molecule is COC(=O)CC(O)C(O)c1ccc(C(=O)O)c(F)c1. The summed E-state index contributed by atoms with van der Waals surface area (Å²) < 4.78 is 17.7. The molecular formula is C12H13FO6. The number of hydrogen-bond donors (Lipinski definition) is 3. The van der Waals surface area contributed by atoms with Crippen LogP contribution in [0.2, 0.25) is 0 Å². The Labute approximate surface area is 108 Å². The number of methoxy groups -OCH3 is 1. The van der Waals surface area contributed by atoms with Gasteiger partial charge in [0.2, 0.25) is 0 Å². The summed E-state index contributed by atoms with van der Waals surface area (Å²) in [4.78, 5) is 21.5. The number of aliphatic hydroxyl groups is 2. The Morgan fingerprint density at radius 3 is 2.47 bits per heavy atom. The van der Waals surface area contributed by atoms with Gasteiger partial charge >= 0.3 is 11.9 Å². The van der Waals surface area contributed by atoms with Crippen LogP contribution in [0.4, 0.5) is 4.39 Å². The molecule has 104 valence electrons. The number of carboxylic acid groups (broad SMARTS) is 1. The van der Waals surface area contributed by atoms with Crippen LogP contribution in [-0.2, 0) is 9.53 Å². The lowest BCUT2D eigenvalue weighted by atomic mass is 10.0. The van der Waals surface area contributed by atoms with Crippen molar-refractivity contribution in [3.8, 4) is 0 Å². The molecule has 0 amide bonds. The molecule has 0 radical (unpaired) electrons. The van der Waals surface area contributed by atoms with E-state index in [9.17, 15) is 24.2 Å². The summed E-state index contributed by atoms with van der Waals surface area (Å²) in [5, 5.41) is 27.9. The molecule has 6 nitrogen and oxygen atoms in total. The van der Waals surface area contributed by atoms with Gasteiger partial charge in [0.1, 0.15) is 11.9 Å². The maximum absolute atomic E-state index is 13.4. The minimum atomic E-state index is -1.52. The molecule has 0 heterocycles. The quantitative estimate of drug-likeness (QED) is 0.673. The van der Waals surface area contributed by atoms with Gasteiger partial charge in [0.25, 0.3) is 0 Å².